The van der Waals surface area contributed by atoms with E-state index in [1.165, 1.54) is 6.07 Å². The lowest BCUT2D eigenvalue weighted by Gasteiger charge is -2.01. The average molecular weight is 279 g/mol. The van der Waals surface area contributed by atoms with E-state index in [0.29, 0.717) is 5.69 Å². The highest BCUT2D eigenvalue weighted by Gasteiger charge is 2.11. The minimum atomic E-state index is 0.00748. The van der Waals surface area contributed by atoms with Crippen molar-refractivity contribution in [2.75, 3.05) is 0 Å². The third kappa shape index (κ3) is 1.71. The average Bonchev–Trinajstić information content (AvgIpc) is 2.88. The van der Waals surface area contributed by atoms with Crippen molar-refractivity contribution in [3.8, 4) is 11.3 Å². The summed E-state index contributed by atoms with van der Waals surface area (Å²) >= 11 is 1.56. The quantitative estimate of drug-likeness (QED) is 0.499. The van der Waals surface area contributed by atoms with Crippen molar-refractivity contribution < 1.29 is 4.11 Å². The second-order valence-corrected chi connectivity index (χ2v) is 5.59. The van der Waals surface area contributed by atoms with Gasteiger partial charge < -0.3 is 0 Å². The van der Waals surface area contributed by atoms with E-state index < -0.39 is 0 Å². The fourth-order valence-electron chi connectivity index (χ4n) is 2.35. The minimum Gasteiger partial charge on any atom is -0.256 e. The number of aryl methyl sites for hydroxylation is 1. The molecule has 1 aromatic carbocycles. The zero-order valence-corrected chi connectivity index (χ0v) is 11.6. The molecule has 0 aliphatic carbocycles. The number of rotatable bonds is 1. The predicted octanol–water partition coefficient (Wildman–Crippen LogP) is 4.82. The summed E-state index contributed by atoms with van der Waals surface area (Å²) < 4.78 is 24.7. The fourth-order valence-corrected chi connectivity index (χ4v) is 3.58. The Labute approximate surface area is 125 Å². The Kier molecular flexibility index (Phi) is 1.94. The van der Waals surface area contributed by atoms with Gasteiger partial charge in [0, 0.05) is 32.9 Å². The highest BCUT2D eigenvalue weighted by atomic mass is 32.1. The number of benzene rings is 1. The molecule has 0 saturated carbocycles. The standard InChI is InChI=1S/C17H12N2S/c1-11-8-9-13-12-5-4-6-14(15-7-2-3-10-18-15)16(12)20-17(13)19-11/h2-10H,1H3/i2D,7D,10D. The van der Waals surface area contributed by atoms with Gasteiger partial charge in [-0.15, -0.1) is 11.3 Å². The molecule has 0 N–H and O–H groups in total. The minimum absolute atomic E-state index is 0.00748. The zero-order valence-electron chi connectivity index (χ0n) is 13.8. The molecule has 0 aliphatic heterocycles. The van der Waals surface area contributed by atoms with Crippen LogP contribution in [0.2, 0.25) is 0 Å². The molecule has 0 radical (unpaired) electrons. The molecule has 0 amide bonds. The van der Waals surface area contributed by atoms with Gasteiger partial charge in [0.2, 0.25) is 0 Å². The highest BCUT2D eigenvalue weighted by Crippen LogP contribution is 2.38. The first-order valence-electron chi connectivity index (χ1n) is 7.78. The number of thiophene rings is 1. The number of hydrogen-bond acceptors (Lipinski definition) is 3. The summed E-state index contributed by atoms with van der Waals surface area (Å²) in [7, 11) is 0. The summed E-state index contributed by atoms with van der Waals surface area (Å²) in [4.78, 5) is 9.72. The van der Waals surface area contributed by atoms with Crippen LogP contribution in [0.1, 0.15) is 9.81 Å². The first-order valence-corrected chi connectivity index (χ1v) is 7.10. The van der Waals surface area contributed by atoms with Crippen LogP contribution in [0.3, 0.4) is 0 Å². The maximum Gasteiger partial charge on any atom is 0.124 e. The smallest absolute Gasteiger partial charge is 0.124 e. The Balaban J connectivity index is 2.11. The van der Waals surface area contributed by atoms with Gasteiger partial charge in [0.1, 0.15) is 4.83 Å². The van der Waals surface area contributed by atoms with Gasteiger partial charge >= 0.3 is 0 Å². The molecule has 2 nitrogen and oxygen atoms in total. The van der Waals surface area contributed by atoms with Crippen LogP contribution in [0, 0.1) is 6.92 Å². The molecule has 3 aromatic heterocycles. The molecule has 0 atom stereocenters. The first-order chi connectivity index (χ1) is 11.0. The summed E-state index contributed by atoms with van der Waals surface area (Å²) in [6, 6.07) is 11.3. The van der Waals surface area contributed by atoms with E-state index in [0.717, 1.165) is 31.6 Å². The molecular formula is C17H12N2S. The summed E-state index contributed by atoms with van der Waals surface area (Å²) in [5.74, 6) is 0. The Morgan fingerprint density at radius 1 is 1.10 bits per heavy atom. The van der Waals surface area contributed by atoms with Crippen LogP contribution in [0.15, 0.2) is 54.7 Å². The van der Waals surface area contributed by atoms with Crippen molar-refractivity contribution in [3.63, 3.8) is 0 Å². The summed E-state index contributed by atoms with van der Waals surface area (Å²) in [6.07, 6.45) is 0.00748. The molecular weight excluding hydrogens is 264 g/mol. The van der Waals surface area contributed by atoms with Crippen LogP contribution in [0.4, 0.5) is 0 Å². The topological polar surface area (TPSA) is 25.8 Å². The van der Waals surface area contributed by atoms with Gasteiger partial charge in [-0.05, 0) is 31.2 Å². The van der Waals surface area contributed by atoms with Crippen molar-refractivity contribution in [2.24, 2.45) is 0 Å². The number of fused-ring (bicyclic) bond motifs is 3. The Bertz CT molecular complexity index is 1070. The number of aromatic nitrogens is 2. The maximum atomic E-state index is 8.13. The zero-order chi connectivity index (χ0) is 16.1. The van der Waals surface area contributed by atoms with Gasteiger partial charge in [0.25, 0.3) is 0 Å². The molecule has 0 spiro atoms. The van der Waals surface area contributed by atoms with E-state index in [1.807, 2.05) is 31.2 Å². The van der Waals surface area contributed by atoms with Crippen molar-refractivity contribution in [3.05, 3.63) is 60.3 Å². The number of hydrogen-bond donors (Lipinski definition) is 0. The number of nitrogens with zero attached hydrogens (tertiary/aromatic N) is 2. The van der Waals surface area contributed by atoms with E-state index in [1.54, 1.807) is 11.3 Å². The van der Waals surface area contributed by atoms with Crippen molar-refractivity contribution in [1.29, 1.82) is 0 Å². The molecule has 0 bridgehead atoms. The molecule has 3 heteroatoms. The molecule has 4 rings (SSSR count). The van der Waals surface area contributed by atoms with Crippen LogP contribution in [0.5, 0.6) is 0 Å². The molecule has 0 saturated heterocycles. The molecule has 3 heterocycles. The van der Waals surface area contributed by atoms with Gasteiger partial charge in [-0.2, -0.15) is 0 Å². The predicted molar refractivity (Wildman–Crippen MR) is 85.1 cm³/mol. The Morgan fingerprint density at radius 2 is 2.05 bits per heavy atom. The third-order valence-corrected chi connectivity index (χ3v) is 4.41. The fraction of sp³-hybridized carbons (Fsp3) is 0.0588. The Morgan fingerprint density at radius 3 is 3.00 bits per heavy atom. The maximum absolute atomic E-state index is 8.13. The molecule has 20 heavy (non-hydrogen) atoms. The molecule has 0 unspecified atom stereocenters. The lowest BCUT2D eigenvalue weighted by molar-refractivity contribution is 1.27. The van der Waals surface area contributed by atoms with Gasteiger partial charge in [-0.25, -0.2) is 4.98 Å². The van der Waals surface area contributed by atoms with Crippen molar-refractivity contribution in [1.82, 2.24) is 9.97 Å². The summed E-state index contributed by atoms with van der Waals surface area (Å²) in [5.41, 5.74) is 2.14. The van der Waals surface area contributed by atoms with Gasteiger partial charge in [0.05, 0.1) is 9.81 Å². The first kappa shape index (κ1) is 8.82. The third-order valence-electron chi connectivity index (χ3n) is 3.26. The lowest BCUT2D eigenvalue weighted by atomic mass is 10.1. The van der Waals surface area contributed by atoms with Crippen LogP contribution in [0.25, 0.3) is 31.6 Å². The number of pyridine rings is 2. The van der Waals surface area contributed by atoms with E-state index in [2.05, 4.69) is 16.0 Å². The highest BCUT2D eigenvalue weighted by molar-refractivity contribution is 7.26. The molecule has 0 fully saturated rings. The molecule has 96 valence electrons. The van der Waals surface area contributed by atoms with Crippen molar-refractivity contribution in [2.45, 2.75) is 6.92 Å². The normalized spacial score (nSPS) is 13.3. The Hall–Kier alpha value is -2.26. The second-order valence-electron chi connectivity index (χ2n) is 4.59. The van der Waals surface area contributed by atoms with E-state index in [4.69, 9.17) is 4.11 Å². The van der Waals surface area contributed by atoms with Gasteiger partial charge in [-0.1, -0.05) is 24.2 Å². The largest absolute Gasteiger partial charge is 0.256 e. The second kappa shape index (κ2) is 4.39. The van der Waals surface area contributed by atoms with Gasteiger partial charge in [0.15, 0.2) is 0 Å². The van der Waals surface area contributed by atoms with E-state index in [9.17, 15) is 0 Å². The van der Waals surface area contributed by atoms with Crippen LogP contribution < -0.4 is 0 Å². The van der Waals surface area contributed by atoms with Crippen LogP contribution in [-0.4, -0.2) is 9.97 Å². The summed E-state index contributed by atoms with van der Waals surface area (Å²) in [5, 5.41) is 2.15. The molecule has 4 aromatic rings. The van der Waals surface area contributed by atoms with E-state index in [-0.39, 0.29) is 18.3 Å². The van der Waals surface area contributed by atoms with E-state index >= 15 is 0 Å². The van der Waals surface area contributed by atoms with Crippen molar-refractivity contribution >= 4 is 31.6 Å². The lowest BCUT2D eigenvalue weighted by Crippen LogP contribution is -1.81. The van der Waals surface area contributed by atoms with Crippen LogP contribution >= 0.6 is 11.3 Å². The molecule has 0 aliphatic rings. The van der Waals surface area contributed by atoms with Crippen LogP contribution in [-0.2, 0) is 0 Å². The monoisotopic (exact) mass is 279 g/mol. The van der Waals surface area contributed by atoms with Gasteiger partial charge in [-0.3, -0.25) is 4.98 Å². The summed E-state index contributed by atoms with van der Waals surface area (Å²) in [6.45, 7) is 1.96. The SMILES string of the molecule is [2H]c1cc([2H])c([2H])c(-c2cccc3c2sc2nc(C)ccc23)n1.